The second-order valence-electron chi connectivity index (χ2n) is 5.85. The smallest absolute Gasteiger partial charge is 0.240 e. The Kier molecular flexibility index (Phi) is 7.33. The third kappa shape index (κ3) is 6.21. The Morgan fingerprint density at radius 1 is 1.12 bits per heavy atom. The normalized spacial score (nSPS) is 12.6. The molecule has 140 valence electrons. The lowest BCUT2D eigenvalue weighted by Gasteiger charge is -2.13. The van der Waals surface area contributed by atoms with E-state index >= 15 is 0 Å². The molecule has 0 fully saturated rings. The average molecular weight is 441 g/mol. The van der Waals surface area contributed by atoms with Gasteiger partial charge in [0.1, 0.15) is 0 Å². The molecule has 0 aliphatic rings. The lowest BCUT2D eigenvalue weighted by molar-refractivity contribution is -0.115. The summed E-state index contributed by atoms with van der Waals surface area (Å²) >= 11 is 3.35. The highest BCUT2D eigenvalue weighted by Gasteiger charge is 2.17. The maximum absolute atomic E-state index is 12.3. The Morgan fingerprint density at radius 3 is 2.31 bits per heavy atom. The zero-order chi connectivity index (χ0) is 19.2. The van der Waals surface area contributed by atoms with Gasteiger partial charge in [-0.05, 0) is 48.9 Å². The van der Waals surface area contributed by atoms with Gasteiger partial charge < -0.3 is 10.1 Å². The minimum absolute atomic E-state index is 0.131. The number of sulfonamides is 1. The van der Waals surface area contributed by atoms with E-state index in [1.54, 1.807) is 19.1 Å². The largest absolute Gasteiger partial charge is 0.383 e. The van der Waals surface area contributed by atoms with Gasteiger partial charge in [0.15, 0.2) is 0 Å². The average Bonchev–Trinajstić information content (AvgIpc) is 2.57. The third-order valence-electron chi connectivity index (χ3n) is 3.50. The molecule has 0 spiro atoms. The van der Waals surface area contributed by atoms with Gasteiger partial charge in [-0.2, -0.15) is 0 Å². The Balaban J connectivity index is 1.98. The lowest BCUT2D eigenvalue weighted by Crippen LogP contribution is -2.35. The molecule has 0 saturated heterocycles. The maximum Gasteiger partial charge on any atom is 0.240 e. The molecule has 2 aromatic carbocycles. The minimum Gasteiger partial charge on any atom is -0.383 e. The van der Waals surface area contributed by atoms with Crippen LogP contribution in [0.2, 0.25) is 0 Å². The molecule has 0 aromatic heterocycles. The highest BCUT2D eigenvalue weighted by atomic mass is 79.9. The van der Waals surface area contributed by atoms with Crippen LogP contribution in [0.4, 0.5) is 5.69 Å². The standard InChI is InChI=1S/C18H21BrN2O4S/c1-13(12-25-2)21-26(23,24)17-9-7-16(8-10-17)20-18(22)11-14-3-5-15(19)6-4-14/h3-10,13,21H,11-12H2,1-2H3,(H,20,22). The van der Waals surface area contributed by atoms with E-state index in [-0.39, 0.29) is 29.9 Å². The van der Waals surface area contributed by atoms with Gasteiger partial charge in [-0.25, -0.2) is 13.1 Å². The van der Waals surface area contributed by atoms with Crippen molar-refractivity contribution in [1.82, 2.24) is 4.72 Å². The van der Waals surface area contributed by atoms with Crippen molar-refractivity contribution in [2.45, 2.75) is 24.3 Å². The quantitative estimate of drug-likeness (QED) is 0.660. The molecule has 2 aromatic rings. The Morgan fingerprint density at radius 2 is 1.73 bits per heavy atom. The second-order valence-corrected chi connectivity index (χ2v) is 8.48. The number of carbonyl (C=O) groups excluding carboxylic acids is 1. The van der Waals surface area contributed by atoms with Crippen LogP contribution in [0.5, 0.6) is 0 Å². The highest BCUT2D eigenvalue weighted by molar-refractivity contribution is 9.10. The van der Waals surface area contributed by atoms with Crippen molar-refractivity contribution in [3.8, 4) is 0 Å². The zero-order valence-corrected chi connectivity index (χ0v) is 16.9. The molecule has 1 unspecified atom stereocenters. The van der Waals surface area contributed by atoms with Gasteiger partial charge in [0.25, 0.3) is 0 Å². The van der Waals surface area contributed by atoms with E-state index in [2.05, 4.69) is 26.0 Å². The Bertz CT molecular complexity index is 836. The molecule has 0 heterocycles. The number of rotatable bonds is 8. The molecule has 6 nitrogen and oxygen atoms in total. The summed E-state index contributed by atoms with van der Waals surface area (Å²) in [5.41, 5.74) is 1.43. The first-order valence-corrected chi connectivity index (χ1v) is 10.2. The van der Waals surface area contributed by atoms with Crippen molar-refractivity contribution in [3.63, 3.8) is 0 Å². The molecule has 0 bridgehead atoms. The van der Waals surface area contributed by atoms with Gasteiger partial charge >= 0.3 is 0 Å². The number of benzene rings is 2. The van der Waals surface area contributed by atoms with Gasteiger partial charge in [-0.15, -0.1) is 0 Å². The van der Waals surface area contributed by atoms with Crippen LogP contribution < -0.4 is 10.0 Å². The summed E-state index contributed by atoms with van der Waals surface area (Å²) in [7, 11) is -2.12. The predicted octanol–water partition coefficient (Wildman–Crippen LogP) is 2.94. The van der Waals surface area contributed by atoms with Crippen molar-refractivity contribution in [2.24, 2.45) is 0 Å². The van der Waals surface area contributed by atoms with E-state index in [1.807, 2.05) is 24.3 Å². The van der Waals surface area contributed by atoms with Crippen LogP contribution in [-0.2, 0) is 26.0 Å². The van der Waals surface area contributed by atoms with Crippen molar-refractivity contribution in [2.75, 3.05) is 19.0 Å². The monoisotopic (exact) mass is 440 g/mol. The van der Waals surface area contributed by atoms with Crippen molar-refractivity contribution < 1.29 is 17.9 Å². The molecule has 26 heavy (non-hydrogen) atoms. The molecular formula is C18H21BrN2O4S. The molecule has 2 N–H and O–H groups in total. The number of methoxy groups -OCH3 is 1. The van der Waals surface area contributed by atoms with Crippen molar-refractivity contribution in [3.05, 3.63) is 58.6 Å². The van der Waals surface area contributed by atoms with Crippen LogP contribution in [0.1, 0.15) is 12.5 Å². The summed E-state index contributed by atoms with van der Waals surface area (Å²) in [6.07, 6.45) is 0.240. The first-order valence-electron chi connectivity index (χ1n) is 7.96. The number of ether oxygens (including phenoxy) is 1. The fourth-order valence-electron chi connectivity index (χ4n) is 2.33. The molecule has 2 rings (SSSR count). The second kappa shape index (κ2) is 9.27. The van der Waals surface area contributed by atoms with E-state index in [0.29, 0.717) is 5.69 Å². The predicted molar refractivity (Wildman–Crippen MR) is 105 cm³/mol. The van der Waals surface area contributed by atoms with Crippen molar-refractivity contribution >= 4 is 37.5 Å². The molecule has 8 heteroatoms. The zero-order valence-electron chi connectivity index (χ0n) is 14.5. The maximum atomic E-state index is 12.3. The number of halogens is 1. The number of hydrogen-bond acceptors (Lipinski definition) is 4. The fourth-order valence-corrected chi connectivity index (χ4v) is 3.82. The molecule has 0 aliphatic carbocycles. The van der Waals surface area contributed by atoms with Gasteiger partial charge in [0.05, 0.1) is 17.9 Å². The summed E-state index contributed by atoms with van der Waals surface area (Å²) in [6, 6.07) is 13.2. The molecular weight excluding hydrogens is 420 g/mol. The van der Waals surface area contributed by atoms with Crippen LogP contribution in [0.25, 0.3) is 0 Å². The first-order chi connectivity index (χ1) is 12.3. The third-order valence-corrected chi connectivity index (χ3v) is 5.63. The number of hydrogen-bond donors (Lipinski definition) is 2. The topological polar surface area (TPSA) is 84.5 Å². The SMILES string of the molecule is COCC(C)NS(=O)(=O)c1ccc(NC(=O)Cc2ccc(Br)cc2)cc1. The van der Waals surface area contributed by atoms with E-state index in [4.69, 9.17) is 4.74 Å². The van der Waals surface area contributed by atoms with Gasteiger partial charge in [-0.1, -0.05) is 28.1 Å². The minimum atomic E-state index is -3.63. The molecule has 0 saturated carbocycles. The summed E-state index contributed by atoms with van der Waals surface area (Å²) in [5, 5.41) is 2.76. The van der Waals surface area contributed by atoms with Crippen LogP contribution in [0.3, 0.4) is 0 Å². The number of amides is 1. The number of anilines is 1. The van der Waals surface area contributed by atoms with Crippen LogP contribution >= 0.6 is 15.9 Å². The number of carbonyl (C=O) groups is 1. The van der Waals surface area contributed by atoms with Crippen molar-refractivity contribution in [1.29, 1.82) is 0 Å². The van der Waals surface area contributed by atoms with E-state index in [9.17, 15) is 13.2 Å². The summed E-state index contributed by atoms with van der Waals surface area (Å²) in [4.78, 5) is 12.2. The van der Waals surface area contributed by atoms with Gasteiger partial charge in [0.2, 0.25) is 15.9 Å². The lowest BCUT2D eigenvalue weighted by atomic mass is 10.1. The highest BCUT2D eigenvalue weighted by Crippen LogP contribution is 2.16. The molecule has 1 atom stereocenters. The fraction of sp³-hybridized carbons (Fsp3) is 0.278. The summed E-state index contributed by atoms with van der Waals surface area (Å²) < 4.78 is 32.9. The van der Waals surface area contributed by atoms with E-state index in [1.165, 1.54) is 19.2 Å². The summed E-state index contributed by atoms with van der Waals surface area (Å²) in [5.74, 6) is -0.172. The molecule has 0 aliphatic heterocycles. The van der Waals surface area contributed by atoms with E-state index < -0.39 is 10.0 Å². The molecule has 0 radical (unpaired) electrons. The van der Waals surface area contributed by atoms with Crippen LogP contribution in [0, 0.1) is 0 Å². The van der Waals surface area contributed by atoms with Gasteiger partial charge in [-0.3, -0.25) is 4.79 Å². The first kappa shape index (κ1) is 20.6. The van der Waals surface area contributed by atoms with E-state index in [0.717, 1.165) is 10.0 Å². The Hall–Kier alpha value is -1.74. The van der Waals surface area contributed by atoms with Crippen LogP contribution in [-0.4, -0.2) is 34.1 Å². The molecule has 1 amide bonds. The Labute approximate surface area is 162 Å². The van der Waals surface area contributed by atoms with Crippen LogP contribution in [0.15, 0.2) is 57.9 Å². The number of nitrogens with one attached hydrogen (secondary N) is 2. The summed E-state index contributed by atoms with van der Waals surface area (Å²) in [6.45, 7) is 2.00. The van der Waals surface area contributed by atoms with Gasteiger partial charge in [0, 0.05) is 23.3 Å².